The maximum absolute atomic E-state index is 12.1. The molecule has 2 aromatic carbocycles. The van der Waals surface area contributed by atoms with Crippen LogP contribution in [0.25, 0.3) is 0 Å². The zero-order chi connectivity index (χ0) is 21.0. The summed E-state index contributed by atoms with van der Waals surface area (Å²) >= 11 is 21.3. The Hall–Kier alpha value is -2.26. The summed E-state index contributed by atoms with van der Waals surface area (Å²) in [5.74, 6) is -0.391. The maximum Gasteiger partial charge on any atom is 0.385 e. The molecule has 0 spiro atoms. The van der Waals surface area contributed by atoms with Gasteiger partial charge in [0.2, 0.25) is 0 Å². The van der Waals surface area contributed by atoms with Crippen LogP contribution < -0.4 is 10.5 Å². The fourth-order valence-corrected chi connectivity index (χ4v) is 3.39. The van der Waals surface area contributed by atoms with Crippen molar-refractivity contribution in [1.29, 1.82) is 0 Å². The molecule has 0 unspecified atom stereocenters. The average molecular weight is 519 g/mol. The highest BCUT2D eigenvalue weighted by atomic mass is 79.9. The van der Waals surface area contributed by atoms with Crippen molar-refractivity contribution in [3.63, 3.8) is 0 Å². The van der Waals surface area contributed by atoms with E-state index in [1.807, 2.05) is 0 Å². The van der Waals surface area contributed by atoms with Gasteiger partial charge >= 0.3 is 5.97 Å². The first-order valence-corrected chi connectivity index (χ1v) is 9.87. The molecular weight excluding hydrogens is 506 g/mol. The van der Waals surface area contributed by atoms with Gasteiger partial charge in [-0.15, -0.1) is 0 Å². The van der Waals surface area contributed by atoms with Gasteiger partial charge < -0.3 is 15.3 Å². The van der Waals surface area contributed by atoms with Crippen LogP contribution in [0.2, 0.25) is 15.1 Å². The molecule has 0 bridgehead atoms. The van der Waals surface area contributed by atoms with Gasteiger partial charge in [-0.2, -0.15) is 5.10 Å². The summed E-state index contributed by atoms with van der Waals surface area (Å²) < 4.78 is 7.81. The van der Waals surface area contributed by atoms with Gasteiger partial charge in [-0.25, -0.2) is 9.48 Å². The van der Waals surface area contributed by atoms with E-state index in [2.05, 4.69) is 26.2 Å². The highest BCUT2D eigenvalue weighted by molar-refractivity contribution is 9.10. The topological polar surface area (TPSA) is 91.7 Å². The number of halogens is 4. The van der Waals surface area contributed by atoms with E-state index in [4.69, 9.17) is 50.1 Å². The van der Waals surface area contributed by atoms with Gasteiger partial charge in [-0.1, -0.05) is 55.9 Å². The van der Waals surface area contributed by atoms with E-state index in [1.165, 1.54) is 16.8 Å². The van der Waals surface area contributed by atoms with E-state index in [9.17, 15) is 4.79 Å². The van der Waals surface area contributed by atoms with E-state index in [1.54, 1.807) is 36.5 Å². The summed E-state index contributed by atoms with van der Waals surface area (Å²) in [5.41, 5.74) is 6.20. The molecule has 11 heteroatoms. The Morgan fingerprint density at radius 2 is 1.93 bits per heavy atom. The van der Waals surface area contributed by atoms with E-state index in [-0.39, 0.29) is 23.3 Å². The van der Waals surface area contributed by atoms with Crippen molar-refractivity contribution in [3.8, 4) is 5.75 Å². The lowest BCUT2D eigenvalue weighted by molar-refractivity contribution is 0.0507. The van der Waals surface area contributed by atoms with Gasteiger partial charge in [-0.05, 0) is 42.5 Å². The Morgan fingerprint density at radius 1 is 1.14 bits per heavy atom. The normalized spacial score (nSPS) is 11.4. The largest absolute Gasteiger partial charge is 0.470 e. The molecule has 2 N–H and O–H groups in total. The number of carbonyl (C=O) groups is 1. The molecule has 3 aromatic rings. The number of amidine groups is 1. The fourth-order valence-electron chi connectivity index (χ4n) is 2.15. The molecular formula is C18H12BrCl3N4O3. The van der Waals surface area contributed by atoms with Crippen LogP contribution in [-0.2, 0) is 11.6 Å². The number of aromatic nitrogens is 2. The van der Waals surface area contributed by atoms with Crippen molar-refractivity contribution in [3.05, 3.63) is 79.5 Å². The molecule has 0 radical (unpaired) electrons. The second-order valence-electron chi connectivity index (χ2n) is 5.57. The number of oxime groups is 1. The van der Waals surface area contributed by atoms with Gasteiger partial charge in [0.1, 0.15) is 5.75 Å². The van der Waals surface area contributed by atoms with E-state index >= 15 is 0 Å². The van der Waals surface area contributed by atoms with Crippen molar-refractivity contribution >= 4 is 62.5 Å². The lowest BCUT2D eigenvalue weighted by Crippen LogP contribution is -2.16. The van der Waals surface area contributed by atoms with Gasteiger partial charge in [0, 0.05) is 21.3 Å². The first-order valence-electron chi connectivity index (χ1n) is 7.95. The molecule has 0 amide bonds. The third-order valence-corrected chi connectivity index (χ3v) is 4.87. The molecule has 0 aliphatic heterocycles. The molecule has 1 heterocycles. The van der Waals surface area contributed by atoms with Crippen molar-refractivity contribution in [2.45, 2.75) is 6.73 Å². The average Bonchev–Trinajstić information content (AvgIpc) is 3.14. The second kappa shape index (κ2) is 9.49. The summed E-state index contributed by atoms with van der Waals surface area (Å²) in [7, 11) is 0. The summed E-state index contributed by atoms with van der Waals surface area (Å²) in [6, 6.07) is 11.3. The number of benzene rings is 2. The maximum atomic E-state index is 12.1. The van der Waals surface area contributed by atoms with Gasteiger partial charge in [-0.3, -0.25) is 0 Å². The predicted octanol–water partition coefficient (Wildman–Crippen LogP) is 5.12. The number of ether oxygens (including phenoxy) is 1. The monoisotopic (exact) mass is 516 g/mol. The quantitative estimate of drug-likeness (QED) is 0.212. The van der Waals surface area contributed by atoms with Crippen LogP contribution in [0, 0.1) is 0 Å². The number of rotatable bonds is 6. The van der Waals surface area contributed by atoms with Crippen LogP contribution in [-0.4, -0.2) is 21.6 Å². The van der Waals surface area contributed by atoms with Crippen molar-refractivity contribution in [2.75, 3.05) is 0 Å². The minimum absolute atomic E-state index is 0.0225. The van der Waals surface area contributed by atoms with E-state index < -0.39 is 5.97 Å². The van der Waals surface area contributed by atoms with Crippen LogP contribution in [0.4, 0.5) is 0 Å². The Labute approximate surface area is 189 Å². The zero-order valence-corrected chi connectivity index (χ0v) is 18.3. The summed E-state index contributed by atoms with van der Waals surface area (Å²) in [4.78, 5) is 16.9. The van der Waals surface area contributed by atoms with Gasteiger partial charge in [0.15, 0.2) is 18.3 Å². The van der Waals surface area contributed by atoms with Gasteiger partial charge in [0.05, 0.1) is 10.0 Å². The lowest BCUT2D eigenvalue weighted by atomic mass is 10.2. The Kier molecular flexibility index (Phi) is 7.02. The SMILES string of the molecule is N/C(=N\OC(=O)c1ccn(COc2ccc(Br)cc2Cl)n1)c1ccc(Cl)cc1Cl. The van der Waals surface area contributed by atoms with Crippen LogP contribution >= 0.6 is 50.7 Å². The number of nitrogens with zero attached hydrogens (tertiary/aromatic N) is 3. The van der Waals surface area contributed by atoms with Crippen LogP contribution in [0.5, 0.6) is 5.75 Å². The molecule has 0 aliphatic carbocycles. The lowest BCUT2D eigenvalue weighted by Gasteiger charge is -2.08. The predicted molar refractivity (Wildman–Crippen MR) is 115 cm³/mol. The molecule has 7 nitrogen and oxygen atoms in total. The van der Waals surface area contributed by atoms with Crippen molar-refractivity contribution < 1.29 is 14.4 Å². The van der Waals surface area contributed by atoms with Crippen molar-refractivity contribution in [1.82, 2.24) is 9.78 Å². The Bertz CT molecular complexity index is 1090. The molecule has 0 aliphatic rings. The van der Waals surface area contributed by atoms with Crippen molar-refractivity contribution in [2.24, 2.45) is 10.9 Å². The zero-order valence-electron chi connectivity index (χ0n) is 14.5. The second-order valence-corrected chi connectivity index (χ2v) is 7.73. The Morgan fingerprint density at radius 3 is 2.66 bits per heavy atom. The number of nitrogens with two attached hydrogens (primary N) is 1. The smallest absolute Gasteiger partial charge is 0.385 e. The molecule has 1 aromatic heterocycles. The molecule has 150 valence electrons. The first-order chi connectivity index (χ1) is 13.8. The highest BCUT2D eigenvalue weighted by Gasteiger charge is 2.13. The first kappa shape index (κ1) is 21.4. The number of hydrogen-bond acceptors (Lipinski definition) is 5. The highest BCUT2D eigenvalue weighted by Crippen LogP contribution is 2.28. The van der Waals surface area contributed by atoms with E-state index in [0.29, 0.717) is 21.4 Å². The third kappa shape index (κ3) is 5.63. The minimum atomic E-state index is -0.793. The molecule has 0 atom stereocenters. The van der Waals surface area contributed by atoms with Crippen LogP contribution in [0.1, 0.15) is 16.1 Å². The summed E-state index contributed by atoms with van der Waals surface area (Å²) in [5, 5.41) is 8.83. The van der Waals surface area contributed by atoms with Crippen LogP contribution in [0.3, 0.4) is 0 Å². The third-order valence-electron chi connectivity index (χ3n) is 3.53. The number of carbonyl (C=O) groups excluding carboxylic acids is 1. The standard InChI is InChI=1S/C18H12BrCl3N4O3/c19-10-1-4-16(14(22)7-10)28-9-26-6-5-15(24-26)18(27)29-25-17(23)12-3-2-11(20)8-13(12)21/h1-8H,9H2,(H2,23,25). The molecule has 0 saturated heterocycles. The molecule has 3 rings (SSSR count). The molecule has 0 fully saturated rings. The minimum Gasteiger partial charge on any atom is -0.470 e. The summed E-state index contributed by atoms with van der Waals surface area (Å²) in [6.45, 7) is 0.0421. The van der Waals surface area contributed by atoms with Gasteiger partial charge in [0.25, 0.3) is 0 Å². The Balaban J connectivity index is 1.61. The van der Waals surface area contributed by atoms with E-state index in [0.717, 1.165) is 4.47 Å². The fraction of sp³-hybridized carbons (Fsp3) is 0.0556. The molecule has 29 heavy (non-hydrogen) atoms. The van der Waals surface area contributed by atoms with Crippen LogP contribution in [0.15, 0.2) is 58.3 Å². The number of hydrogen-bond donors (Lipinski definition) is 1. The molecule has 0 saturated carbocycles. The summed E-state index contributed by atoms with van der Waals surface area (Å²) in [6.07, 6.45) is 1.55.